The number of imidazole rings is 1. The Morgan fingerprint density at radius 3 is 2.62 bits per heavy atom. The minimum Gasteiger partial charge on any atom is -0.480 e. The van der Waals surface area contributed by atoms with E-state index in [1.54, 1.807) is 12.1 Å². The fourth-order valence-electron chi connectivity index (χ4n) is 1.97. The molecule has 1 N–H and O–H groups in total. The van der Waals surface area contributed by atoms with Gasteiger partial charge in [0.25, 0.3) is 0 Å². The number of nitrogens with zero attached hydrogens (tertiary/aromatic N) is 3. The first-order valence-corrected chi connectivity index (χ1v) is 6.30. The molecule has 2 aromatic rings. The molecule has 0 amide bonds. The standard InChI is InChI=1S/C14H15F2N3O2/c1-10-2-4-11(5-3-10)18(9-13(20)21)8-12-17-6-7-19(12)14(15)16/h2-7,14H,8-9H2,1H3,(H,20,21). The third-order valence-corrected chi connectivity index (χ3v) is 3.02. The van der Waals surface area contributed by atoms with Gasteiger partial charge in [-0.3, -0.25) is 9.36 Å². The number of aliphatic carboxylic acids is 1. The van der Waals surface area contributed by atoms with Crippen LogP contribution in [0.1, 0.15) is 17.9 Å². The Hall–Kier alpha value is -2.44. The molecule has 0 unspecified atom stereocenters. The van der Waals surface area contributed by atoms with Crippen molar-refractivity contribution in [1.29, 1.82) is 0 Å². The van der Waals surface area contributed by atoms with E-state index in [4.69, 9.17) is 5.11 Å². The summed E-state index contributed by atoms with van der Waals surface area (Å²) < 4.78 is 26.4. The fourth-order valence-corrected chi connectivity index (χ4v) is 1.97. The molecule has 7 heteroatoms. The summed E-state index contributed by atoms with van der Waals surface area (Å²) in [6, 6.07) is 7.19. The molecule has 1 aromatic carbocycles. The first-order valence-electron chi connectivity index (χ1n) is 6.30. The number of halogens is 2. The molecule has 0 bridgehead atoms. The zero-order chi connectivity index (χ0) is 15.4. The van der Waals surface area contributed by atoms with Crippen LogP contribution >= 0.6 is 0 Å². The molecule has 0 spiro atoms. The van der Waals surface area contributed by atoms with Crippen LogP contribution < -0.4 is 4.90 Å². The molecule has 0 aliphatic heterocycles. The number of anilines is 1. The lowest BCUT2D eigenvalue weighted by Crippen LogP contribution is -2.30. The van der Waals surface area contributed by atoms with E-state index in [-0.39, 0.29) is 18.9 Å². The van der Waals surface area contributed by atoms with Crippen LogP contribution in [-0.4, -0.2) is 27.2 Å². The zero-order valence-corrected chi connectivity index (χ0v) is 11.4. The number of benzene rings is 1. The average molecular weight is 295 g/mol. The van der Waals surface area contributed by atoms with E-state index in [0.717, 1.165) is 10.1 Å². The summed E-state index contributed by atoms with van der Waals surface area (Å²) in [6.45, 7) is -1.09. The Labute approximate surface area is 120 Å². The average Bonchev–Trinajstić information content (AvgIpc) is 2.86. The van der Waals surface area contributed by atoms with E-state index in [1.165, 1.54) is 17.3 Å². The summed E-state index contributed by atoms with van der Waals surface area (Å²) in [7, 11) is 0. The lowest BCUT2D eigenvalue weighted by Gasteiger charge is -2.23. The Kier molecular flexibility index (Phi) is 4.52. The Morgan fingerprint density at radius 1 is 1.38 bits per heavy atom. The lowest BCUT2D eigenvalue weighted by atomic mass is 10.2. The van der Waals surface area contributed by atoms with Gasteiger partial charge in [-0.15, -0.1) is 0 Å². The highest BCUT2D eigenvalue weighted by molar-refractivity contribution is 5.73. The molecule has 0 saturated carbocycles. The molecule has 21 heavy (non-hydrogen) atoms. The molecule has 0 aliphatic carbocycles. The number of carboxylic acids is 1. The lowest BCUT2D eigenvalue weighted by molar-refractivity contribution is -0.135. The molecule has 0 radical (unpaired) electrons. The second kappa shape index (κ2) is 6.34. The van der Waals surface area contributed by atoms with Gasteiger partial charge in [0.1, 0.15) is 12.4 Å². The van der Waals surface area contributed by atoms with Gasteiger partial charge in [-0.05, 0) is 19.1 Å². The normalized spacial score (nSPS) is 10.9. The third kappa shape index (κ3) is 3.77. The van der Waals surface area contributed by atoms with Gasteiger partial charge in [0.15, 0.2) is 0 Å². The Balaban J connectivity index is 2.26. The van der Waals surface area contributed by atoms with E-state index in [0.29, 0.717) is 5.69 Å². The monoisotopic (exact) mass is 295 g/mol. The number of aromatic nitrogens is 2. The van der Waals surface area contributed by atoms with Crippen molar-refractivity contribution in [3.8, 4) is 0 Å². The summed E-state index contributed by atoms with van der Waals surface area (Å²) in [4.78, 5) is 16.3. The highest BCUT2D eigenvalue weighted by atomic mass is 19.3. The van der Waals surface area contributed by atoms with Crippen molar-refractivity contribution in [1.82, 2.24) is 9.55 Å². The summed E-state index contributed by atoms with van der Waals surface area (Å²) >= 11 is 0. The topological polar surface area (TPSA) is 58.4 Å². The fraction of sp³-hybridized carbons (Fsp3) is 0.286. The van der Waals surface area contributed by atoms with E-state index in [9.17, 15) is 13.6 Å². The first kappa shape index (κ1) is 15.0. The third-order valence-electron chi connectivity index (χ3n) is 3.02. The van der Waals surface area contributed by atoms with Crippen molar-refractivity contribution >= 4 is 11.7 Å². The van der Waals surface area contributed by atoms with Crippen LogP contribution in [0, 0.1) is 6.92 Å². The quantitative estimate of drug-likeness (QED) is 0.890. The van der Waals surface area contributed by atoms with Crippen molar-refractivity contribution in [2.45, 2.75) is 20.0 Å². The largest absolute Gasteiger partial charge is 0.480 e. The summed E-state index contributed by atoms with van der Waals surface area (Å²) in [5, 5.41) is 8.99. The second-order valence-electron chi connectivity index (χ2n) is 4.61. The molecule has 5 nitrogen and oxygen atoms in total. The van der Waals surface area contributed by atoms with Gasteiger partial charge in [0, 0.05) is 18.1 Å². The van der Waals surface area contributed by atoms with Crippen molar-refractivity contribution < 1.29 is 18.7 Å². The van der Waals surface area contributed by atoms with Crippen LogP contribution in [0.15, 0.2) is 36.7 Å². The SMILES string of the molecule is Cc1ccc(N(CC(=O)O)Cc2nccn2C(F)F)cc1. The minimum absolute atomic E-state index is 0.00724. The van der Waals surface area contributed by atoms with Gasteiger partial charge in [-0.2, -0.15) is 8.78 Å². The van der Waals surface area contributed by atoms with Gasteiger partial charge in [0.05, 0.1) is 6.54 Å². The summed E-state index contributed by atoms with van der Waals surface area (Å²) in [5.74, 6) is -0.919. The number of rotatable bonds is 6. The maximum Gasteiger partial charge on any atom is 0.323 e. The number of hydrogen-bond acceptors (Lipinski definition) is 3. The zero-order valence-electron chi connectivity index (χ0n) is 11.4. The first-order chi connectivity index (χ1) is 9.97. The highest BCUT2D eigenvalue weighted by Crippen LogP contribution is 2.19. The molecule has 2 rings (SSSR count). The van der Waals surface area contributed by atoms with Crippen LogP contribution in [0.25, 0.3) is 0 Å². The molecule has 0 aliphatic rings. The van der Waals surface area contributed by atoms with Gasteiger partial charge >= 0.3 is 12.5 Å². The molecule has 0 saturated heterocycles. The molecular weight excluding hydrogens is 280 g/mol. The molecule has 0 fully saturated rings. The van der Waals surface area contributed by atoms with Crippen molar-refractivity contribution in [2.75, 3.05) is 11.4 Å². The number of alkyl halides is 2. The van der Waals surface area contributed by atoms with Gasteiger partial charge in [0.2, 0.25) is 0 Å². The molecule has 0 atom stereocenters. The van der Waals surface area contributed by atoms with Gasteiger partial charge in [-0.1, -0.05) is 17.7 Å². The summed E-state index contributed by atoms with van der Waals surface area (Å²) in [6.07, 6.45) is 2.45. The summed E-state index contributed by atoms with van der Waals surface area (Å²) in [5.41, 5.74) is 1.68. The molecule has 1 heterocycles. The van der Waals surface area contributed by atoms with Crippen LogP contribution in [0.3, 0.4) is 0 Å². The number of carboxylic acid groups (broad SMARTS) is 1. The Bertz CT molecular complexity index is 611. The van der Waals surface area contributed by atoms with E-state index in [2.05, 4.69) is 4.98 Å². The van der Waals surface area contributed by atoms with Crippen LogP contribution in [-0.2, 0) is 11.3 Å². The minimum atomic E-state index is -2.70. The predicted molar refractivity (Wildman–Crippen MR) is 73.3 cm³/mol. The van der Waals surface area contributed by atoms with E-state index >= 15 is 0 Å². The van der Waals surface area contributed by atoms with E-state index in [1.807, 2.05) is 19.1 Å². The maximum absolute atomic E-state index is 12.8. The Morgan fingerprint density at radius 2 is 2.05 bits per heavy atom. The number of aryl methyl sites for hydroxylation is 1. The van der Waals surface area contributed by atoms with Crippen molar-refractivity contribution in [3.05, 3.63) is 48.0 Å². The van der Waals surface area contributed by atoms with Gasteiger partial charge in [-0.25, -0.2) is 4.98 Å². The van der Waals surface area contributed by atoms with Crippen molar-refractivity contribution in [2.24, 2.45) is 0 Å². The molecule has 1 aromatic heterocycles. The molecular formula is C14H15F2N3O2. The van der Waals surface area contributed by atoms with Crippen molar-refractivity contribution in [3.63, 3.8) is 0 Å². The second-order valence-corrected chi connectivity index (χ2v) is 4.61. The number of hydrogen-bond donors (Lipinski definition) is 1. The number of carbonyl (C=O) groups is 1. The highest BCUT2D eigenvalue weighted by Gasteiger charge is 2.17. The van der Waals surface area contributed by atoms with Gasteiger partial charge < -0.3 is 10.0 Å². The maximum atomic E-state index is 12.8. The smallest absolute Gasteiger partial charge is 0.323 e. The van der Waals surface area contributed by atoms with Crippen LogP contribution in [0.2, 0.25) is 0 Å². The molecule has 112 valence electrons. The predicted octanol–water partition coefficient (Wildman–Crippen LogP) is 2.68. The van der Waals surface area contributed by atoms with Crippen LogP contribution in [0.4, 0.5) is 14.5 Å². The van der Waals surface area contributed by atoms with Crippen LogP contribution in [0.5, 0.6) is 0 Å². The van der Waals surface area contributed by atoms with E-state index < -0.39 is 12.5 Å².